The van der Waals surface area contributed by atoms with Crippen molar-refractivity contribution < 1.29 is 9.13 Å². The van der Waals surface area contributed by atoms with E-state index < -0.39 is 0 Å². The molecule has 0 aromatic heterocycles. The molecule has 0 heterocycles. The first-order valence-electron chi connectivity index (χ1n) is 4.47. The first kappa shape index (κ1) is 11.5. The Bertz CT molecular complexity index is 297. The zero-order chi connectivity index (χ0) is 10.8. The van der Waals surface area contributed by atoms with Gasteiger partial charge in [0.15, 0.2) is 11.6 Å². The normalized spacial score (nSPS) is 11.5. The fourth-order valence-corrected chi connectivity index (χ4v) is 1.37. The van der Waals surface area contributed by atoms with E-state index in [1.807, 2.05) is 20.8 Å². The second kappa shape index (κ2) is 4.30. The lowest BCUT2D eigenvalue weighted by Gasteiger charge is -2.19. The minimum Gasteiger partial charge on any atom is -0.489 e. The van der Waals surface area contributed by atoms with E-state index >= 15 is 0 Å². The number of rotatable bonds is 2. The van der Waals surface area contributed by atoms with Gasteiger partial charge in [-0.05, 0) is 33.5 Å². The fraction of sp³-hybridized carbons (Fsp3) is 0.455. The van der Waals surface area contributed by atoms with E-state index in [1.165, 1.54) is 6.07 Å². The third-order valence-corrected chi connectivity index (χ3v) is 2.19. The van der Waals surface area contributed by atoms with E-state index in [4.69, 9.17) is 4.74 Å². The Kier molecular flexibility index (Phi) is 3.53. The molecule has 0 saturated carbocycles. The maximum atomic E-state index is 13.3. The van der Waals surface area contributed by atoms with Crippen LogP contribution in [-0.4, -0.2) is 6.61 Å². The van der Waals surface area contributed by atoms with Gasteiger partial charge >= 0.3 is 0 Å². The van der Waals surface area contributed by atoms with Crippen molar-refractivity contribution in [2.24, 2.45) is 5.41 Å². The molecule has 0 aliphatic heterocycles. The van der Waals surface area contributed by atoms with Gasteiger partial charge in [0, 0.05) is 0 Å². The average molecular weight is 261 g/mol. The molecule has 0 amide bonds. The van der Waals surface area contributed by atoms with Crippen molar-refractivity contribution >= 4 is 15.9 Å². The monoisotopic (exact) mass is 260 g/mol. The van der Waals surface area contributed by atoms with Crippen LogP contribution in [0.3, 0.4) is 0 Å². The molecule has 0 atom stereocenters. The van der Waals surface area contributed by atoms with Crippen LogP contribution in [-0.2, 0) is 0 Å². The second-order valence-corrected chi connectivity index (χ2v) is 5.25. The minimum absolute atomic E-state index is 0.0295. The van der Waals surface area contributed by atoms with E-state index in [0.29, 0.717) is 16.8 Å². The largest absolute Gasteiger partial charge is 0.489 e. The van der Waals surface area contributed by atoms with Gasteiger partial charge in [0.05, 0.1) is 11.1 Å². The topological polar surface area (TPSA) is 9.23 Å². The number of benzene rings is 1. The van der Waals surface area contributed by atoms with Crippen LogP contribution >= 0.6 is 15.9 Å². The molecule has 78 valence electrons. The number of hydrogen-bond acceptors (Lipinski definition) is 1. The molecular formula is C11H14BrFO. The fourth-order valence-electron chi connectivity index (χ4n) is 0.909. The van der Waals surface area contributed by atoms with Crippen molar-refractivity contribution in [1.82, 2.24) is 0 Å². The Morgan fingerprint density at radius 3 is 2.50 bits per heavy atom. The molecule has 14 heavy (non-hydrogen) atoms. The van der Waals surface area contributed by atoms with E-state index in [1.54, 1.807) is 12.1 Å². The van der Waals surface area contributed by atoms with Gasteiger partial charge in [0.1, 0.15) is 0 Å². The van der Waals surface area contributed by atoms with Gasteiger partial charge in [-0.2, -0.15) is 0 Å². The van der Waals surface area contributed by atoms with Crippen LogP contribution in [0.2, 0.25) is 0 Å². The molecule has 1 rings (SSSR count). The lowest BCUT2D eigenvalue weighted by molar-refractivity contribution is 0.190. The molecular weight excluding hydrogens is 247 g/mol. The zero-order valence-electron chi connectivity index (χ0n) is 8.60. The summed E-state index contributed by atoms with van der Waals surface area (Å²) in [7, 11) is 0. The van der Waals surface area contributed by atoms with Crippen LogP contribution in [0.5, 0.6) is 5.75 Å². The lowest BCUT2D eigenvalue weighted by Crippen LogP contribution is -2.17. The molecule has 3 heteroatoms. The number of hydrogen-bond donors (Lipinski definition) is 0. The van der Waals surface area contributed by atoms with Gasteiger partial charge in [-0.3, -0.25) is 0 Å². The summed E-state index contributed by atoms with van der Waals surface area (Å²) in [4.78, 5) is 0. The molecule has 0 aliphatic carbocycles. The van der Waals surface area contributed by atoms with Crippen LogP contribution in [0.4, 0.5) is 4.39 Å². The molecule has 0 aliphatic rings. The number of ether oxygens (including phenoxy) is 1. The van der Waals surface area contributed by atoms with Crippen LogP contribution in [0.1, 0.15) is 20.8 Å². The Morgan fingerprint density at radius 1 is 1.36 bits per heavy atom. The van der Waals surface area contributed by atoms with Crippen LogP contribution in [0.25, 0.3) is 0 Å². The summed E-state index contributed by atoms with van der Waals surface area (Å²) >= 11 is 3.25. The summed E-state index contributed by atoms with van der Waals surface area (Å²) in [5.41, 5.74) is 0.0295. The number of halogens is 2. The van der Waals surface area contributed by atoms with Gasteiger partial charge in [-0.1, -0.05) is 26.8 Å². The van der Waals surface area contributed by atoms with E-state index in [2.05, 4.69) is 15.9 Å². The van der Waals surface area contributed by atoms with Crippen molar-refractivity contribution in [1.29, 1.82) is 0 Å². The van der Waals surface area contributed by atoms with Crippen molar-refractivity contribution in [3.05, 3.63) is 28.5 Å². The molecule has 0 bridgehead atoms. The maximum absolute atomic E-state index is 13.3. The van der Waals surface area contributed by atoms with Crippen molar-refractivity contribution in [3.8, 4) is 5.75 Å². The van der Waals surface area contributed by atoms with Crippen molar-refractivity contribution in [3.63, 3.8) is 0 Å². The maximum Gasteiger partial charge on any atom is 0.169 e. The smallest absolute Gasteiger partial charge is 0.169 e. The zero-order valence-corrected chi connectivity index (χ0v) is 10.2. The van der Waals surface area contributed by atoms with E-state index in [-0.39, 0.29) is 11.2 Å². The molecule has 1 aromatic rings. The predicted molar refractivity (Wildman–Crippen MR) is 59.1 cm³/mol. The molecule has 0 fully saturated rings. The first-order valence-corrected chi connectivity index (χ1v) is 5.26. The van der Waals surface area contributed by atoms with E-state index in [0.717, 1.165) is 0 Å². The second-order valence-electron chi connectivity index (χ2n) is 4.40. The Labute approximate surface area is 92.4 Å². The van der Waals surface area contributed by atoms with E-state index in [9.17, 15) is 4.39 Å². The van der Waals surface area contributed by atoms with Gasteiger partial charge in [0.25, 0.3) is 0 Å². The quantitative estimate of drug-likeness (QED) is 0.781. The highest BCUT2D eigenvalue weighted by molar-refractivity contribution is 9.10. The molecule has 0 spiro atoms. The average Bonchev–Trinajstić information content (AvgIpc) is 2.01. The highest BCUT2D eigenvalue weighted by Gasteiger charge is 2.14. The van der Waals surface area contributed by atoms with Gasteiger partial charge in [-0.25, -0.2) is 4.39 Å². The van der Waals surface area contributed by atoms with Crippen molar-refractivity contribution in [2.45, 2.75) is 20.8 Å². The summed E-state index contributed by atoms with van der Waals surface area (Å²) < 4.78 is 19.3. The lowest BCUT2D eigenvalue weighted by atomic mass is 9.99. The van der Waals surface area contributed by atoms with Crippen LogP contribution in [0, 0.1) is 11.2 Å². The molecule has 0 N–H and O–H groups in total. The van der Waals surface area contributed by atoms with Gasteiger partial charge in [0.2, 0.25) is 0 Å². The summed E-state index contributed by atoms with van der Waals surface area (Å²) in [5.74, 6) is -0.0361. The summed E-state index contributed by atoms with van der Waals surface area (Å²) in [6.45, 7) is 6.62. The van der Waals surface area contributed by atoms with Gasteiger partial charge in [-0.15, -0.1) is 0 Å². The SMILES string of the molecule is CC(C)(C)COc1c(F)cccc1Br. The summed E-state index contributed by atoms with van der Waals surface area (Å²) in [5, 5.41) is 0. The number of para-hydroxylation sites is 1. The van der Waals surface area contributed by atoms with Crippen LogP contribution in [0.15, 0.2) is 22.7 Å². The highest BCUT2D eigenvalue weighted by atomic mass is 79.9. The predicted octanol–water partition coefficient (Wildman–Crippen LogP) is 4.01. The highest BCUT2D eigenvalue weighted by Crippen LogP contribution is 2.29. The van der Waals surface area contributed by atoms with Crippen molar-refractivity contribution in [2.75, 3.05) is 6.61 Å². The molecule has 1 aromatic carbocycles. The molecule has 0 radical (unpaired) electrons. The third-order valence-electron chi connectivity index (χ3n) is 1.57. The molecule has 1 nitrogen and oxygen atoms in total. The molecule has 0 saturated heterocycles. The molecule has 0 unspecified atom stereocenters. The summed E-state index contributed by atoms with van der Waals surface area (Å²) in [6.07, 6.45) is 0. The van der Waals surface area contributed by atoms with Crippen LogP contribution < -0.4 is 4.74 Å². The third kappa shape index (κ3) is 3.29. The Balaban J connectivity index is 2.77. The van der Waals surface area contributed by atoms with Gasteiger partial charge < -0.3 is 4.74 Å². The Hall–Kier alpha value is -0.570. The summed E-state index contributed by atoms with van der Waals surface area (Å²) in [6, 6.07) is 4.80. The Morgan fingerprint density at radius 2 is 2.00 bits per heavy atom. The minimum atomic E-state index is -0.330. The standard InChI is InChI=1S/C11H14BrFO/c1-11(2,3)7-14-10-8(12)5-4-6-9(10)13/h4-6H,7H2,1-3H3. The first-order chi connectivity index (χ1) is 6.40.